The van der Waals surface area contributed by atoms with E-state index in [9.17, 15) is 14.3 Å². The lowest BCUT2D eigenvalue weighted by atomic mass is 10.1. The van der Waals surface area contributed by atoms with Crippen LogP contribution in [0.4, 0.5) is 10.2 Å². The van der Waals surface area contributed by atoms with Gasteiger partial charge < -0.3 is 15.7 Å². The molecular weight excluding hydrogens is 323 g/mol. The summed E-state index contributed by atoms with van der Waals surface area (Å²) in [6.45, 7) is 3.03. The van der Waals surface area contributed by atoms with E-state index >= 15 is 0 Å². The molecule has 0 radical (unpaired) electrons. The van der Waals surface area contributed by atoms with Gasteiger partial charge in [-0.05, 0) is 18.2 Å². The molecule has 2 heterocycles. The van der Waals surface area contributed by atoms with Crippen LogP contribution in [0.1, 0.15) is 22.0 Å². The molecule has 1 aromatic heterocycles. The van der Waals surface area contributed by atoms with Crippen molar-refractivity contribution in [1.29, 1.82) is 0 Å². The van der Waals surface area contributed by atoms with Crippen LogP contribution in [0.15, 0.2) is 42.6 Å². The lowest BCUT2D eigenvalue weighted by Crippen LogP contribution is -2.48. The summed E-state index contributed by atoms with van der Waals surface area (Å²) < 4.78 is 13.8. The second-order valence-electron chi connectivity index (χ2n) is 6.06. The molecule has 132 valence electrons. The summed E-state index contributed by atoms with van der Waals surface area (Å²) in [6.07, 6.45) is 0.764. The molecule has 1 atom stereocenters. The van der Waals surface area contributed by atoms with Crippen LogP contribution in [0.3, 0.4) is 0 Å². The van der Waals surface area contributed by atoms with Gasteiger partial charge in [0.25, 0.3) is 5.91 Å². The van der Waals surface area contributed by atoms with Gasteiger partial charge in [0.05, 0.1) is 11.7 Å². The average molecular weight is 344 g/mol. The van der Waals surface area contributed by atoms with Crippen molar-refractivity contribution in [2.75, 3.05) is 37.6 Å². The maximum Gasteiger partial charge on any atom is 0.252 e. The van der Waals surface area contributed by atoms with Gasteiger partial charge in [0.1, 0.15) is 11.6 Å². The van der Waals surface area contributed by atoms with Crippen LogP contribution in [-0.4, -0.2) is 53.6 Å². The third-order valence-electron chi connectivity index (χ3n) is 4.42. The number of anilines is 1. The number of pyridine rings is 1. The molecule has 0 aliphatic carbocycles. The van der Waals surface area contributed by atoms with E-state index in [4.69, 9.17) is 5.73 Å². The average Bonchev–Trinajstić information content (AvgIpc) is 2.62. The Kier molecular flexibility index (Phi) is 5.25. The monoisotopic (exact) mass is 344 g/mol. The molecule has 6 nitrogen and oxygen atoms in total. The molecule has 1 amide bonds. The van der Waals surface area contributed by atoms with Crippen LogP contribution in [-0.2, 0) is 0 Å². The minimum Gasteiger partial charge on any atom is -0.387 e. The number of aromatic nitrogens is 1. The highest BCUT2D eigenvalue weighted by atomic mass is 19.1. The Labute approximate surface area is 145 Å². The molecule has 1 aliphatic heterocycles. The number of halogens is 1. The van der Waals surface area contributed by atoms with Gasteiger partial charge in [-0.15, -0.1) is 0 Å². The molecular formula is C18H21FN4O2. The molecule has 0 spiro atoms. The summed E-state index contributed by atoms with van der Waals surface area (Å²) in [5, 5.41) is 10.3. The molecule has 1 saturated heterocycles. The first kappa shape index (κ1) is 17.3. The first-order valence-corrected chi connectivity index (χ1v) is 8.21. The van der Waals surface area contributed by atoms with Gasteiger partial charge in [-0.1, -0.05) is 18.2 Å². The van der Waals surface area contributed by atoms with Crippen LogP contribution in [0, 0.1) is 5.82 Å². The molecule has 1 aliphatic rings. The van der Waals surface area contributed by atoms with Crippen molar-refractivity contribution >= 4 is 11.7 Å². The molecule has 7 heteroatoms. The van der Waals surface area contributed by atoms with E-state index in [0.29, 0.717) is 49.7 Å². The number of carbonyl (C=O) groups excluding carboxylic acids is 1. The zero-order valence-corrected chi connectivity index (χ0v) is 13.8. The molecule has 25 heavy (non-hydrogen) atoms. The maximum absolute atomic E-state index is 13.8. The molecule has 0 bridgehead atoms. The maximum atomic E-state index is 13.8. The lowest BCUT2D eigenvalue weighted by molar-refractivity contribution is 0.0999. The Bertz CT molecular complexity index is 747. The molecule has 2 aromatic rings. The van der Waals surface area contributed by atoms with Gasteiger partial charge in [-0.3, -0.25) is 9.69 Å². The summed E-state index contributed by atoms with van der Waals surface area (Å²) in [5.41, 5.74) is 6.12. The standard InChI is InChI=1S/C18H21FN4O2/c19-15-6-2-1-4-13(15)16(24)12-22-8-10-23(11-9-22)18-14(17(20)25)5-3-7-21-18/h1-7,16,24H,8-12H2,(H2,20,25). The van der Waals surface area contributed by atoms with Gasteiger partial charge in [-0.25, -0.2) is 9.37 Å². The van der Waals surface area contributed by atoms with Crippen molar-refractivity contribution in [1.82, 2.24) is 9.88 Å². The summed E-state index contributed by atoms with van der Waals surface area (Å²) >= 11 is 0. The van der Waals surface area contributed by atoms with E-state index in [-0.39, 0.29) is 0 Å². The summed E-state index contributed by atoms with van der Waals surface area (Å²) in [6, 6.07) is 9.62. The zero-order chi connectivity index (χ0) is 17.8. The number of nitrogens with zero attached hydrogens (tertiary/aromatic N) is 3. The fourth-order valence-corrected chi connectivity index (χ4v) is 3.07. The van der Waals surface area contributed by atoms with Gasteiger partial charge >= 0.3 is 0 Å². The van der Waals surface area contributed by atoms with Crippen molar-refractivity contribution in [3.63, 3.8) is 0 Å². The van der Waals surface area contributed by atoms with Crippen molar-refractivity contribution in [2.24, 2.45) is 5.73 Å². The molecule has 3 N–H and O–H groups in total. The van der Waals surface area contributed by atoms with E-state index in [1.807, 2.05) is 4.90 Å². The van der Waals surface area contributed by atoms with Crippen molar-refractivity contribution in [2.45, 2.75) is 6.10 Å². The number of nitrogens with two attached hydrogens (primary N) is 1. The summed E-state index contributed by atoms with van der Waals surface area (Å²) in [7, 11) is 0. The number of aliphatic hydroxyl groups excluding tert-OH is 1. The number of primary amides is 1. The number of hydrogen-bond acceptors (Lipinski definition) is 5. The van der Waals surface area contributed by atoms with Crippen LogP contribution in [0.2, 0.25) is 0 Å². The molecule has 3 rings (SSSR count). The Morgan fingerprint density at radius 2 is 1.92 bits per heavy atom. The molecule has 0 saturated carbocycles. The van der Waals surface area contributed by atoms with E-state index < -0.39 is 17.8 Å². The van der Waals surface area contributed by atoms with E-state index in [1.54, 1.807) is 36.5 Å². The highest BCUT2D eigenvalue weighted by molar-refractivity contribution is 5.97. The smallest absolute Gasteiger partial charge is 0.252 e. The second-order valence-corrected chi connectivity index (χ2v) is 6.06. The van der Waals surface area contributed by atoms with Crippen LogP contribution >= 0.6 is 0 Å². The number of carbonyl (C=O) groups is 1. The summed E-state index contributed by atoms with van der Waals surface area (Å²) in [5.74, 6) is -0.307. The first-order valence-electron chi connectivity index (χ1n) is 8.21. The fourth-order valence-electron chi connectivity index (χ4n) is 3.07. The second kappa shape index (κ2) is 7.58. The number of piperazine rings is 1. The largest absolute Gasteiger partial charge is 0.387 e. The van der Waals surface area contributed by atoms with Gasteiger partial charge in [-0.2, -0.15) is 0 Å². The van der Waals surface area contributed by atoms with Crippen molar-refractivity contribution < 1.29 is 14.3 Å². The number of rotatable bonds is 5. The predicted octanol–water partition coefficient (Wildman–Crippen LogP) is 1.18. The summed E-state index contributed by atoms with van der Waals surface area (Å²) in [4.78, 5) is 19.9. The van der Waals surface area contributed by atoms with E-state index in [1.165, 1.54) is 6.07 Å². The Morgan fingerprint density at radius 3 is 2.60 bits per heavy atom. The molecule has 1 aromatic carbocycles. The number of β-amino-alcohol motifs (C(OH)–C–C–N with tert-alkyl or cyclic N) is 1. The third kappa shape index (κ3) is 3.94. The Morgan fingerprint density at radius 1 is 1.20 bits per heavy atom. The van der Waals surface area contributed by atoms with Crippen molar-refractivity contribution in [3.8, 4) is 0 Å². The highest BCUT2D eigenvalue weighted by Gasteiger charge is 2.24. The van der Waals surface area contributed by atoms with E-state index in [0.717, 1.165) is 0 Å². The first-order chi connectivity index (χ1) is 12.1. The number of amides is 1. The van der Waals surface area contributed by atoms with E-state index in [2.05, 4.69) is 9.88 Å². The minimum atomic E-state index is -0.871. The topological polar surface area (TPSA) is 82.7 Å². The minimum absolute atomic E-state index is 0.311. The Balaban J connectivity index is 1.61. The zero-order valence-electron chi connectivity index (χ0n) is 13.8. The highest BCUT2D eigenvalue weighted by Crippen LogP contribution is 2.21. The van der Waals surface area contributed by atoms with Crippen LogP contribution < -0.4 is 10.6 Å². The van der Waals surface area contributed by atoms with Crippen LogP contribution in [0.25, 0.3) is 0 Å². The fraction of sp³-hybridized carbons (Fsp3) is 0.333. The molecule has 1 fully saturated rings. The number of hydrogen-bond donors (Lipinski definition) is 2. The van der Waals surface area contributed by atoms with Gasteiger partial charge in [0.2, 0.25) is 0 Å². The number of aliphatic hydroxyl groups is 1. The predicted molar refractivity (Wildman–Crippen MR) is 92.8 cm³/mol. The van der Waals surface area contributed by atoms with Gasteiger partial charge in [0.15, 0.2) is 0 Å². The van der Waals surface area contributed by atoms with Crippen molar-refractivity contribution in [3.05, 3.63) is 59.5 Å². The molecule has 1 unspecified atom stereocenters. The normalized spacial score (nSPS) is 16.6. The third-order valence-corrected chi connectivity index (χ3v) is 4.42. The Hall–Kier alpha value is -2.51. The number of benzene rings is 1. The SMILES string of the molecule is NC(=O)c1cccnc1N1CCN(CC(O)c2ccccc2F)CC1. The quantitative estimate of drug-likeness (QED) is 0.851. The lowest BCUT2D eigenvalue weighted by Gasteiger charge is -2.36. The van der Waals surface area contributed by atoms with Gasteiger partial charge in [0, 0.05) is 44.5 Å². The van der Waals surface area contributed by atoms with Crippen LogP contribution in [0.5, 0.6) is 0 Å².